The molecule has 0 spiro atoms. The van der Waals surface area contributed by atoms with Gasteiger partial charge in [0.15, 0.2) is 0 Å². The van der Waals surface area contributed by atoms with Gasteiger partial charge in [-0.05, 0) is 54.1 Å². The second kappa shape index (κ2) is 5.45. The average Bonchev–Trinajstić information content (AvgIpc) is 2.41. The molecule has 5 nitrogen and oxygen atoms in total. The minimum absolute atomic E-state index is 0.113. The maximum atomic E-state index is 11.3. The minimum atomic E-state index is -3.09. The number of rotatable bonds is 6. The van der Waals surface area contributed by atoms with E-state index in [4.69, 9.17) is 4.74 Å². The maximum absolute atomic E-state index is 11.3. The van der Waals surface area contributed by atoms with E-state index in [2.05, 4.69) is 37.7 Å². The molecule has 1 saturated heterocycles. The number of sulfonamides is 1. The van der Waals surface area contributed by atoms with E-state index in [1.807, 2.05) is 0 Å². The fourth-order valence-electron chi connectivity index (χ4n) is 2.52. The highest BCUT2D eigenvalue weighted by molar-refractivity contribution is 7.89. The van der Waals surface area contributed by atoms with Crippen LogP contribution in [0, 0.1) is 0 Å². The van der Waals surface area contributed by atoms with Crippen molar-refractivity contribution in [1.29, 1.82) is 0 Å². The Hall–Kier alpha value is -0.170. The molecule has 0 saturated carbocycles. The molecule has 108 valence electrons. The summed E-state index contributed by atoms with van der Waals surface area (Å²) in [6.07, 6.45) is 1.55. The van der Waals surface area contributed by atoms with E-state index >= 15 is 0 Å². The van der Waals surface area contributed by atoms with Crippen LogP contribution in [0.3, 0.4) is 0 Å². The van der Waals surface area contributed by atoms with Gasteiger partial charge in [0.1, 0.15) is 0 Å². The molecule has 1 aliphatic rings. The molecule has 1 rings (SSSR count). The summed E-state index contributed by atoms with van der Waals surface area (Å²) in [6, 6.07) is 0.268. The molecule has 0 aliphatic carbocycles. The summed E-state index contributed by atoms with van der Waals surface area (Å²) in [5.41, 5.74) is -0.316. The summed E-state index contributed by atoms with van der Waals surface area (Å²) in [5, 5.41) is 3.41. The van der Waals surface area contributed by atoms with Crippen LogP contribution in [-0.4, -0.2) is 45.0 Å². The van der Waals surface area contributed by atoms with Gasteiger partial charge >= 0.3 is 0 Å². The zero-order valence-corrected chi connectivity index (χ0v) is 12.9. The van der Waals surface area contributed by atoms with Gasteiger partial charge in [-0.2, -0.15) is 0 Å². The van der Waals surface area contributed by atoms with Gasteiger partial charge in [-0.3, -0.25) is 0 Å². The van der Waals surface area contributed by atoms with E-state index in [-0.39, 0.29) is 23.0 Å². The van der Waals surface area contributed by atoms with E-state index in [1.165, 1.54) is 7.05 Å². The highest BCUT2D eigenvalue weighted by Gasteiger charge is 2.45. The van der Waals surface area contributed by atoms with Crippen molar-refractivity contribution >= 4 is 10.0 Å². The molecular formula is C12H26N2O3S. The van der Waals surface area contributed by atoms with E-state index in [1.54, 1.807) is 0 Å². The Balaban J connectivity index is 2.37. The first-order chi connectivity index (χ1) is 8.08. The maximum Gasteiger partial charge on any atom is 0.211 e. The summed E-state index contributed by atoms with van der Waals surface area (Å²) in [4.78, 5) is 0. The van der Waals surface area contributed by atoms with Crippen LogP contribution in [0.4, 0.5) is 0 Å². The van der Waals surface area contributed by atoms with Crippen molar-refractivity contribution in [3.8, 4) is 0 Å². The molecule has 0 bridgehead atoms. The van der Waals surface area contributed by atoms with E-state index in [0.29, 0.717) is 13.0 Å². The largest absolute Gasteiger partial charge is 0.368 e. The average molecular weight is 278 g/mol. The zero-order valence-electron chi connectivity index (χ0n) is 12.0. The van der Waals surface area contributed by atoms with Crippen molar-refractivity contribution in [3.63, 3.8) is 0 Å². The van der Waals surface area contributed by atoms with Crippen LogP contribution in [0.25, 0.3) is 0 Å². The third-order valence-electron chi connectivity index (χ3n) is 3.37. The van der Waals surface area contributed by atoms with Gasteiger partial charge in [0.2, 0.25) is 10.0 Å². The Morgan fingerprint density at radius 2 is 1.89 bits per heavy atom. The SMILES string of the molecule is CNS(=O)(=O)CCCNC1CC(C)(C)OC1(C)C. The second-order valence-corrected chi connectivity index (χ2v) is 8.10. The molecule has 1 atom stereocenters. The van der Waals surface area contributed by atoms with Crippen LogP contribution in [0.15, 0.2) is 0 Å². The third kappa shape index (κ3) is 4.50. The summed E-state index contributed by atoms with van der Waals surface area (Å²) in [5.74, 6) is 0.161. The Morgan fingerprint density at radius 1 is 1.28 bits per heavy atom. The summed E-state index contributed by atoms with van der Waals surface area (Å²) in [7, 11) is -1.64. The fourth-order valence-corrected chi connectivity index (χ4v) is 3.25. The summed E-state index contributed by atoms with van der Waals surface area (Å²) in [6.45, 7) is 9.01. The standard InChI is InChI=1S/C12H26N2O3S/c1-11(2)9-10(12(3,4)17-11)14-7-6-8-18(15,16)13-5/h10,13-14H,6-9H2,1-5H3. The molecule has 0 radical (unpaired) electrons. The number of hydrogen-bond donors (Lipinski definition) is 2. The predicted molar refractivity (Wildman–Crippen MR) is 73.1 cm³/mol. The molecule has 1 fully saturated rings. The second-order valence-electron chi connectivity index (χ2n) is 6.05. The van der Waals surface area contributed by atoms with Crippen LogP contribution in [0.2, 0.25) is 0 Å². The van der Waals surface area contributed by atoms with Gasteiger partial charge in [-0.15, -0.1) is 0 Å². The van der Waals surface area contributed by atoms with Gasteiger partial charge in [-0.25, -0.2) is 13.1 Å². The minimum Gasteiger partial charge on any atom is -0.368 e. The van der Waals surface area contributed by atoms with E-state index in [0.717, 1.165) is 6.42 Å². The number of nitrogens with one attached hydrogen (secondary N) is 2. The van der Waals surface area contributed by atoms with E-state index < -0.39 is 10.0 Å². The van der Waals surface area contributed by atoms with Crippen molar-refractivity contribution in [2.24, 2.45) is 0 Å². The molecule has 18 heavy (non-hydrogen) atoms. The first kappa shape index (κ1) is 15.9. The van der Waals surface area contributed by atoms with Crippen molar-refractivity contribution in [1.82, 2.24) is 10.0 Å². The fraction of sp³-hybridized carbons (Fsp3) is 1.00. The quantitative estimate of drug-likeness (QED) is 0.707. The molecule has 1 heterocycles. The summed E-state index contributed by atoms with van der Waals surface area (Å²) >= 11 is 0. The Kier molecular flexibility index (Phi) is 4.81. The van der Waals surface area contributed by atoms with E-state index in [9.17, 15) is 8.42 Å². The molecule has 0 aromatic carbocycles. The van der Waals surface area contributed by atoms with Crippen LogP contribution in [0.5, 0.6) is 0 Å². The molecule has 0 aromatic heterocycles. The molecule has 0 aromatic rings. The van der Waals surface area contributed by atoms with Crippen molar-refractivity contribution in [2.45, 2.75) is 57.8 Å². The van der Waals surface area contributed by atoms with Gasteiger partial charge in [0, 0.05) is 6.04 Å². The normalized spacial score (nSPS) is 26.4. The monoisotopic (exact) mass is 278 g/mol. The topological polar surface area (TPSA) is 67.4 Å². The van der Waals surface area contributed by atoms with Crippen LogP contribution in [-0.2, 0) is 14.8 Å². The molecule has 0 amide bonds. The van der Waals surface area contributed by atoms with Gasteiger partial charge in [0.25, 0.3) is 0 Å². The molecule has 1 unspecified atom stereocenters. The smallest absolute Gasteiger partial charge is 0.211 e. The van der Waals surface area contributed by atoms with Crippen LogP contribution in [0.1, 0.15) is 40.5 Å². The lowest BCUT2D eigenvalue weighted by Crippen LogP contribution is -2.44. The van der Waals surface area contributed by atoms with Gasteiger partial charge in [-0.1, -0.05) is 0 Å². The Labute approximate surface area is 111 Å². The third-order valence-corrected chi connectivity index (χ3v) is 4.81. The Morgan fingerprint density at radius 3 is 2.33 bits per heavy atom. The van der Waals surface area contributed by atoms with Crippen molar-refractivity contribution in [2.75, 3.05) is 19.3 Å². The first-order valence-electron chi connectivity index (χ1n) is 6.43. The van der Waals surface area contributed by atoms with Crippen LogP contribution >= 0.6 is 0 Å². The lowest BCUT2D eigenvalue weighted by atomic mass is 9.94. The predicted octanol–water partition coefficient (Wildman–Crippen LogP) is 0.861. The van der Waals surface area contributed by atoms with Crippen molar-refractivity contribution in [3.05, 3.63) is 0 Å². The zero-order chi connectivity index (χ0) is 14.0. The lowest BCUT2D eigenvalue weighted by molar-refractivity contribution is -0.0697. The number of ether oxygens (including phenoxy) is 1. The molecular weight excluding hydrogens is 252 g/mol. The van der Waals surface area contributed by atoms with Crippen molar-refractivity contribution < 1.29 is 13.2 Å². The lowest BCUT2D eigenvalue weighted by Gasteiger charge is -2.27. The molecule has 2 N–H and O–H groups in total. The molecule has 6 heteroatoms. The van der Waals surface area contributed by atoms with Gasteiger partial charge in [0.05, 0.1) is 17.0 Å². The number of hydrogen-bond acceptors (Lipinski definition) is 4. The van der Waals surface area contributed by atoms with Gasteiger partial charge < -0.3 is 10.1 Å². The summed E-state index contributed by atoms with van der Waals surface area (Å²) < 4.78 is 30.8. The molecule has 1 aliphatic heterocycles. The first-order valence-corrected chi connectivity index (χ1v) is 8.08. The Bertz CT molecular complexity index is 377. The highest BCUT2D eigenvalue weighted by atomic mass is 32.2. The highest BCUT2D eigenvalue weighted by Crippen LogP contribution is 2.37. The van der Waals surface area contributed by atoms with Crippen LogP contribution < -0.4 is 10.0 Å².